The summed E-state index contributed by atoms with van der Waals surface area (Å²) in [5, 5.41) is 12.6. The molecule has 152 valence electrons. The second-order valence-electron chi connectivity index (χ2n) is 7.88. The van der Waals surface area contributed by atoms with E-state index in [1.165, 1.54) is 12.1 Å². The average molecular weight is 426 g/mol. The lowest BCUT2D eigenvalue weighted by molar-refractivity contribution is -0.110. The van der Waals surface area contributed by atoms with Crippen molar-refractivity contribution in [1.29, 1.82) is 0 Å². The summed E-state index contributed by atoms with van der Waals surface area (Å²) in [4.78, 5) is 2.07. The number of aliphatic hydroxyl groups is 1. The van der Waals surface area contributed by atoms with Crippen LogP contribution in [0.5, 0.6) is 0 Å². The first-order chi connectivity index (χ1) is 13.3. The van der Waals surface area contributed by atoms with E-state index in [-0.39, 0.29) is 17.8 Å². The van der Waals surface area contributed by atoms with Gasteiger partial charge in [-0.1, -0.05) is 35.3 Å². The molecular weight excluding hydrogens is 400 g/mol. The van der Waals surface area contributed by atoms with Crippen molar-refractivity contribution in [2.75, 3.05) is 20.6 Å². The van der Waals surface area contributed by atoms with Crippen molar-refractivity contribution in [2.45, 2.75) is 37.6 Å². The normalized spacial score (nSPS) is 25.2. The van der Waals surface area contributed by atoms with Crippen molar-refractivity contribution in [1.82, 2.24) is 4.90 Å². The van der Waals surface area contributed by atoms with Gasteiger partial charge in [0.1, 0.15) is 5.82 Å². The van der Waals surface area contributed by atoms with E-state index in [1.807, 2.05) is 14.1 Å². The maximum Gasteiger partial charge on any atom is 0.123 e. The lowest BCUT2D eigenvalue weighted by Crippen LogP contribution is -2.46. The first-order valence-electron chi connectivity index (χ1n) is 9.46. The van der Waals surface area contributed by atoms with Crippen LogP contribution in [0.25, 0.3) is 0 Å². The van der Waals surface area contributed by atoms with Gasteiger partial charge in [0.15, 0.2) is 0 Å². The molecule has 0 spiro atoms. The van der Waals surface area contributed by atoms with Crippen molar-refractivity contribution in [3.8, 4) is 0 Å². The van der Waals surface area contributed by atoms with E-state index in [0.29, 0.717) is 23.1 Å². The Kier molecular flexibility index (Phi) is 7.00. The summed E-state index contributed by atoms with van der Waals surface area (Å²) in [6.07, 6.45) is 2.05. The van der Waals surface area contributed by atoms with Gasteiger partial charge in [0, 0.05) is 22.5 Å². The summed E-state index contributed by atoms with van der Waals surface area (Å²) in [5.41, 5.74) is 0.691. The summed E-state index contributed by atoms with van der Waals surface area (Å²) < 4.78 is 19.2. The summed E-state index contributed by atoms with van der Waals surface area (Å²) in [6, 6.07) is 11.6. The van der Waals surface area contributed by atoms with Gasteiger partial charge in [-0.15, -0.1) is 0 Å². The minimum absolute atomic E-state index is 0.0241. The molecular formula is C22H26Cl2FNO2. The zero-order chi connectivity index (χ0) is 20.3. The molecule has 1 aliphatic carbocycles. The third-order valence-electron chi connectivity index (χ3n) is 5.42. The number of nitrogens with zero attached hydrogens (tertiary/aromatic N) is 1. The fourth-order valence-corrected chi connectivity index (χ4v) is 4.54. The molecule has 0 bridgehead atoms. The molecule has 1 saturated carbocycles. The Labute approximate surface area is 176 Å². The second kappa shape index (κ2) is 9.10. The van der Waals surface area contributed by atoms with E-state index in [2.05, 4.69) is 4.90 Å². The van der Waals surface area contributed by atoms with Crippen LogP contribution in [-0.2, 0) is 16.9 Å². The molecule has 0 aliphatic heterocycles. The predicted molar refractivity (Wildman–Crippen MR) is 111 cm³/mol. The van der Waals surface area contributed by atoms with E-state index in [4.69, 9.17) is 27.9 Å². The SMILES string of the molecule is CN(C)CC1CC(OCc2ccc(F)cc2)CCC1(O)c1cc(Cl)cc(Cl)c1. The van der Waals surface area contributed by atoms with Crippen LogP contribution in [0.1, 0.15) is 30.4 Å². The van der Waals surface area contributed by atoms with Crippen LogP contribution >= 0.6 is 23.2 Å². The Balaban J connectivity index is 1.74. The smallest absolute Gasteiger partial charge is 0.123 e. The highest BCUT2D eigenvalue weighted by molar-refractivity contribution is 6.34. The quantitative estimate of drug-likeness (QED) is 0.684. The van der Waals surface area contributed by atoms with Crippen molar-refractivity contribution >= 4 is 23.2 Å². The molecule has 0 saturated heterocycles. The third kappa shape index (κ3) is 5.25. The van der Waals surface area contributed by atoms with Crippen molar-refractivity contribution in [2.24, 2.45) is 5.92 Å². The van der Waals surface area contributed by atoms with Gasteiger partial charge in [0.25, 0.3) is 0 Å². The van der Waals surface area contributed by atoms with Gasteiger partial charge < -0.3 is 14.7 Å². The molecule has 3 unspecified atom stereocenters. The van der Waals surface area contributed by atoms with Gasteiger partial charge in [0.05, 0.1) is 18.3 Å². The van der Waals surface area contributed by atoms with Gasteiger partial charge in [-0.05, 0) is 74.8 Å². The molecule has 3 nitrogen and oxygen atoms in total. The van der Waals surface area contributed by atoms with Crippen LogP contribution in [-0.4, -0.2) is 36.8 Å². The second-order valence-corrected chi connectivity index (χ2v) is 8.75. The van der Waals surface area contributed by atoms with Gasteiger partial charge in [-0.25, -0.2) is 4.39 Å². The molecule has 2 aromatic carbocycles. The molecule has 28 heavy (non-hydrogen) atoms. The number of rotatable bonds is 6. The number of halogens is 3. The number of hydrogen-bond donors (Lipinski definition) is 1. The Bertz CT molecular complexity index is 779. The van der Waals surface area contributed by atoms with Crippen LogP contribution in [0.2, 0.25) is 10.0 Å². The molecule has 1 aliphatic rings. The van der Waals surface area contributed by atoms with Crippen LogP contribution < -0.4 is 0 Å². The molecule has 2 aromatic rings. The summed E-state index contributed by atoms with van der Waals surface area (Å²) >= 11 is 12.4. The highest BCUT2D eigenvalue weighted by atomic mass is 35.5. The first kappa shape index (κ1) is 21.5. The lowest BCUT2D eigenvalue weighted by atomic mass is 9.70. The van der Waals surface area contributed by atoms with E-state index in [1.54, 1.807) is 30.3 Å². The maximum atomic E-state index is 13.1. The molecule has 3 atom stereocenters. The van der Waals surface area contributed by atoms with Crippen LogP contribution in [0.4, 0.5) is 4.39 Å². The van der Waals surface area contributed by atoms with E-state index < -0.39 is 5.60 Å². The zero-order valence-electron chi connectivity index (χ0n) is 16.2. The topological polar surface area (TPSA) is 32.7 Å². The maximum absolute atomic E-state index is 13.1. The van der Waals surface area contributed by atoms with E-state index in [9.17, 15) is 9.50 Å². The highest BCUT2D eigenvalue weighted by Gasteiger charge is 2.44. The predicted octanol–water partition coefficient (Wildman–Crippen LogP) is 5.27. The average Bonchev–Trinajstić information content (AvgIpc) is 2.62. The number of benzene rings is 2. The van der Waals surface area contributed by atoms with E-state index in [0.717, 1.165) is 30.5 Å². The molecule has 1 N–H and O–H groups in total. The Morgan fingerprint density at radius 2 is 1.79 bits per heavy atom. The van der Waals surface area contributed by atoms with Gasteiger partial charge in [-0.2, -0.15) is 0 Å². The van der Waals surface area contributed by atoms with Crippen LogP contribution in [0.15, 0.2) is 42.5 Å². The number of hydrogen-bond acceptors (Lipinski definition) is 3. The van der Waals surface area contributed by atoms with E-state index >= 15 is 0 Å². The summed E-state index contributed by atoms with van der Waals surface area (Å²) in [6.45, 7) is 1.15. The van der Waals surface area contributed by atoms with Crippen molar-refractivity contribution < 1.29 is 14.2 Å². The minimum atomic E-state index is -1.01. The monoisotopic (exact) mass is 425 g/mol. The molecule has 0 radical (unpaired) electrons. The first-order valence-corrected chi connectivity index (χ1v) is 10.2. The molecule has 1 fully saturated rings. The third-order valence-corrected chi connectivity index (χ3v) is 5.85. The molecule has 0 heterocycles. The molecule has 6 heteroatoms. The van der Waals surface area contributed by atoms with Crippen LogP contribution in [0, 0.1) is 11.7 Å². The van der Waals surface area contributed by atoms with Crippen LogP contribution in [0.3, 0.4) is 0 Å². The fourth-order valence-electron chi connectivity index (χ4n) is 4.01. The molecule has 3 rings (SSSR count). The minimum Gasteiger partial charge on any atom is -0.385 e. The zero-order valence-corrected chi connectivity index (χ0v) is 17.7. The molecule has 0 amide bonds. The van der Waals surface area contributed by atoms with Crippen molar-refractivity contribution in [3.63, 3.8) is 0 Å². The standard InChI is InChI=1S/C22H26Cl2FNO2/c1-26(2)13-17-11-21(28-14-15-3-5-20(25)6-4-15)7-8-22(17,27)16-9-18(23)12-19(24)10-16/h3-6,9-10,12,17,21,27H,7-8,11,13-14H2,1-2H3. The number of ether oxygens (including phenoxy) is 1. The van der Waals surface area contributed by atoms with Gasteiger partial charge in [0.2, 0.25) is 0 Å². The summed E-state index contributed by atoms with van der Waals surface area (Å²) in [5.74, 6) is -0.276. The lowest BCUT2D eigenvalue weighted by Gasteiger charge is -2.44. The van der Waals surface area contributed by atoms with Gasteiger partial charge >= 0.3 is 0 Å². The largest absolute Gasteiger partial charge is 0.385 e. The van der Waals surface area contributed by atoms with Crippen molar-refractivity contribution in [3.05, 3.63) is 69.5 Å². The fraction of sp³-hybridized carbons (Fsp3) is 0.455. The Morgan fingerprint density at radius 3 is 2.39 bits per heavy atom. The Morgan fingerprint density at radius 1 is 1.14 bits per heavy atom. The summed E-state index contributed by atoms with van der Waals surface area (Å²) in [7, 11) is 3.99. The highest BCUT2D eigenvalue weighted by Crippen LogP contribution is 2.44. The van der Waals surface area contributed by atoms with Gasteiger partial charge in [-0.3, -0.25) is 0 Å². The molecule has 0 aromatic heterocycles. The Hall–Kier alpha value is -1.17.